The number of rotatable bonds is 6. The SMILES string of the molecule is N[C@@H](C[C@H](Cc1ccccc1)C(=O)O)C(=O)O. The van der Waals surface area contributed by atoms with Crippen LogP contribution in [0, 0.1) is 5.92 Å². The first-order valence-electron chi connectivity index (χ1n) is 5.26. The Morgan fingerprint density at radius 2 is 1.71 bits per heavy atom. The minimum absolute atomic E-state index is 0.0699. The fraction of sp³-hybridized carbons (Fsp3) is 0.333. The topological polar surface area (TPSA) is 101 Å². The van der Waals surface area contributed by atoms with Crippen molar-refractivity contribution in [2.24, 2.45) is 11.7 Å². The van der Waals surface area contributed by atoms with E-state index < -0.39 is 23.9 Å². The van der Waals surface area contributed by atoms with Gasteiger partial charge >= 0.3 is 11.9 Å². The van der Waals surface area contributed by atoms with Gasteiger partial charge in [-0.15, -0.1) is 0 Å². The summed E-state index contributed by atoms with van der Waals surface area (Å²) in [5, 5.41) is 17.7. The zero-order valence-corrected chi connectivity index (χ0v) is 9.24. The van der Waals surface area contributed by atoms with Crippen LogP contribution in [0.3, 0.4) is 0 Å². The molecule has 1 rings (SSSR count). The van der Waals surface area contributed by atoms with E-state index in [0.29, 0.717) is 0 Å². The van der Waals surface area contributed by atoms with E-state index >= 15 is 0 Å². The Morgan fingerprint density at radius 3 is 2.18 bits per heavy atom. The van der Waals surface area contributed by atoms with Crippen molar-refractivity contribution in [1.82, 2.24) is 0 Å². The van der Waals surface area contributed by atoms with Gasteiger partial charge < -0.3 is 15.9 Å². The molecule has 1 aromatic carbocycles. The summed E-state index contributed by atoms with van der Waals surface area (Å²) in [5.41, 5.74) is 6.20. The molecule has 0 aliphatic carbocycles. The second kappa shape index (κ2) is 6.00. The highest BCUT2D eigenvalue weighted by atomic mass is 16.4. The molecule has 0 unspecified atom stereocenters. The molecule has 0 saturated carbocycles. The van der Waals surface area contributed by atoms with Crippen molar-refractivity contribution in [3.05, 3.63) is 35.9 Å². The van der Waals surface area contributed by atoms with Gasteiger partial charge in [0.1, 0.15) is 6.04 Å². The molecular weight excluding hydrogens is 222 g/mol. The van der Waals surface area contributed by atoms with Crippen molar-refractivity contribution in [2.75, 3.05) is 0 Å². The summed E-state index contributed by atoms with van der Waals surface area (Å²) in [6.07, 6.45) is 0.219. The van der Waals surface area contributed by atoms with E-state index in [4.69, 9.17) is 15.9 Å². The molecule has 5 heteroatoms. The number of carbonyl (C=O) groups is 2. The highest BCUT2D eigenvalue weighted by Crippen LogP contribution is 2.14. The van der Waals surface area contributed by atoms with Crippen LogP contribution in [-0.2, 0) is 16.0 Å². The van der Waals surface area contributed by atoms with Crippen LogP contribution in [0.25, 0.3) is 0 Å². The van der Waals surface area contributed by atoms with E-state index in [-0.39, 0.29) is 12.8 Å². The number of hydrogen-bond acceptors (Lipinski definition) is 3. The molecule has 0 radical (unpaired) electrons. The summed E-state index contributed by atoms with van der Waals surface area (Å²) in [6.45, 7) is 0. The van der Waals surface area contributed by atoms with Crippen molar-refractivity contribution >= 4 is 11.9 Å². The van der Waals surface area contributed by atoms with E-state index in [1.165, 1.54) is 0 Å². The highest BCUT2D eigenvalue weighted by Gasteiger charge is 2.24. The summed E-state index contributed by atoms with van der Waals surface area (Å²) in [6, 6.07) is 7.93. The van der Waals surface area contributed by atoms with Crippen molar-refractivity contribution in [1.29, 1.82) is 0 Å². The number of aliphatic carboxylic acids is 2. The van der Waals surface area contributed by atoms with E-state index in [1.807, 2.05) is 30.3 Å². The number of carboxylic acid groups (broad SMARTS) is 2. The lowest BCUT2D eigenvalue weighted by molar-refractivity contribution is -0.143. The first-order chi connectivity index (χ1) is 8.00. The zero-order chi connectivity index (χ0) is 12.8. The Balaban J connectivity index is 2.67. The fourth-order valence-electron chi connectivity index (χ4n) is 1.58. The molecular formula is C12H15NO4. The van der Waals surface area contributed by atoms with Gasteiger partial charge in [-0.05, 0) is 18.4 Å². The molecule has 0 aliphatic rings. The summed E-state index contributed by atoms with van der Waals surface area (Å²) < 4.78 is 0. The standard InChI is InChI=1S/C12H15NO4/c13-10(12(16)17)7-9(11(14)15)6-8-4-2-1-3-5-8/h1-5,9-10H,6-7,13H2,(H,14,15)(H,16,17)/t9-,10-/m0/s1. The molecule has 2 atom stereocenters. The van der Waals surface area contributed by atoms with Crippen LogP contribution < -0.4 is 5.73 Å². The summed E-state index contributed by atoms with van der Waals surface area (Å²) in [7, 11) is 0. The normalized spacial score (nSPS) is 13.9. The Morgan fingerprint density at radius 1 is 1.12 bits per heavy atom. The van der Waals surface area contributed by atoms with Gasteiger partial charge in [0.25, 0.3) is 0 Å². The number of hydrogen-bond donors (Lipinski definition) is 3. The predicted molar refractivity (Wildman–Crippen MR) is 61.5 cm³/mol. The molecule has 5 nitrogen and oxygen atoms in total. The van der Waals surface area contributed by atoms with Crippen molar-refractivity contribution in [3.63, 3.8) is 0 Å². The van der Waals surface area contributed by atoms with Gasteiger partial charge in [-0.1, -0.05) is 30.3 Å². The molecule has 17 heavy (non-hydrogen) atoms. The van der Waals surface area contributed by atoms with E-state index in [2.05, 4.69) is 0 Å². The van der Waals surface area contributed by atoms with Gasteiger partial charge in [-0.3, -0.25) is 9.59 Å². The summed E-state index contributed by atoms with van der Waals surface area (Å²) >= 11 is 0. The monoisotopic (exact) mass is 237 g/mol. The molecule has 0 amide bonds. The van der Waals surface area contributed by atoms with Crippen LogP contribution in [0.4, 0.5) is 0 Å². The predicted octanol–water partition coefficient (Wildman–Crippen LogP) is 0.732. The van der Waals surface area contributed by atoms with Crippen LogP contribution in [0.5, 0.6) is 0 Å². The average molecular weight is 237 g/mol. The van der Waals surface area contributed by atoms with Gasteiger partial charge in [-0.25, -0.2) is 0 Å². The second-order valence-corrected chi connectivity index (χ2v) is 3.91. The van der Waals surface area contributed by atoms with Gasteiger partial charge in [0.2, 0.25) is 0 Å². The van der Waals surface area contributed by atoms with Crippen LogP contribution in [0.1, 0.15) is 12.0 Å². The average Bonchev–Trinajstić information content (AvgIpc) is 2.29. The van der Waals surface area contributed by atoms with Crippen LogP contribution in [0.2, 0.25) is 0 Å². The highest BCUT2D eigenvalue weighted by molar-refractivity contribution is 5.76. The van der Waals surface area contributed by atoms with Gasteiger partial charge in [0.15, 0.2) is 0 Å². The molecule has 0 aliphatic heterocycles. The Kier molecular flexibility index (Phi) is 4.66. The Bertz CT molecular complexity index is 391. The summed E-state index contributed by atoms with van der Waals surface area (Å²) in [4.78, 5) is 21.6. The van der Waals surface area contributed by atoms with Gasteiger partial charge in [0.05, 0.1) is 5.92 Å². The van der Waals surface area contributed by atoms with E-state index in [0.717, 1.165) is 5.56 Å². The van der Waals surface area contributed by atoms with E-state index in [1.54, 1.807) is 0 Å². The molecule has 92 valence electrons. The van der Waals surface area contributed by atoms with Gasteiger partial charge in [-0.2, -0.15) is 0 Å². The molecule has 0 bridgehead atoms. The lowest BCUT2D eigenvalue weighted by atomic mass is 9.93. The van der Waals surface area contributed by atoms with Crippen molar-refractivity contribution in [3.8, 4) is 0 Å². The molecule has 0 fully saturated rings. The lowest BCUT2D eigenvalue weighted by Crippen LogP contribution is -2.35. The smallest absolute Gasteiger partial charge is 0.320 e. The van der Waals surface area contributed by atoms with E-state index in [9.17, 15) is 9.59 Å². The minimum Gasteiger partial charge on any atom is -0.481 e. The molecule has 0 heterocycles. The fourth-order valence-corrected chi connectivity index (χ4v) is 1.58. The van der Waals surface area contributed by atoms with Crippen molar-refractivity contribution in [2.45, 2.75) is 18.9 Å². The third-order valence-corrected chi connectivity index (χ3v) is 2.53. The third-order valence-electron chi connectivity index (χ3n) is 2.53. The maximum Gasteiger partial charge on any atom is 0.320 e. The first-order valence-corrected chi connectivity index (χ1v) is 5.26. The van der Waals surface area contributed by atoms with Gasteiger partial charge in [0, 0.05) is 0 Å². The maximum atomic E-state index is 11.0. The minimum atomic E-state index is -1.18. The molecule has 0 spiro atoms. The number of carboxylic acids is 2. The second-order valence-electron chi connectivity index (χ2n) is 3.91. The maximum absolute atomic E-state index is 11.0. The molecule has 4 N–H and O–H groups in total. The number of benzene rings is 1. The van der Waals surface area contributed by atoms with Crippen molar-refractivity contribution < 1.29 is 19.8 Å². The largest absolute Gasteiger partial charge is 0.481 e. The zero-order valence-electron chi connectivity index (χ0n) is 9.24. The van der Waals surface area contributed by atoms with Crippen LogP contribution in [0.15, 0.2) is 30.3 Å². The molecule has 0 aromatic heterocycles. The number of nitrogens with two attached hydrogens (primary N) is 1. The first kappa shape index (κ1) is 13.2. The molecule has 1 aromatic rings. The lowest BCUT2D eigenvalue weighted by Gasteiger charge is -2.14. The van der Waals surface area contributed by atoms with Crippen LogP contribution >= 0.6 is 0 Å². The Hall–Kier alpha value is -1.88. The quantitative estimate of drug-likeness (QED) is 0.677. The summed E-state index contributed by atoms with van der Waals surface area (Å²) in [5.74, 6) is -2.97. The molecule has 0 saturated heterocycles. The Labute approximate surface area is 98.9 Å². The van der Waals surface area contributed by atoms with Crippen LogP contribution in [-0.4, -0.2) is 28.2 Å². The third kappa shape index (κ3) is 4.24.